The van der Waals surface area contributed by atoms with E-state index in [1.165, 1.54) is 0 Å². The molecule has 192 valence electrons. The van der Waals surface area contributed by atoms with Gasteiger partial charge in [-0.3, -0.25) is 4.90 Å². The minimum atomic E-state index is -0.470. The quantitative estimate of drug-likeness (QED) is 0.348. The lowest BCUT2D eigenvalue weighted by atomic mass is 9.89. The molecular formula is C29H30N2O6. The van der Waals surface area contributed by atoms with E-state index < -0.39 is 12.0 Å². The van der Waals surface area contributed by atoms with Gasteiger partial charge < -0.3 is 23.7 Å². The summed E-state index contributed by atoms with van der Waals surface area (Å²) in [7, 11) is 0. The summed E-state index contributed by atoms with van der Waals surface area (Å²) in [5.74, 6) is 0.665. The molecule has 37 heavy (non-hydrogen) atoms. The SMILES string of the molecule is CCOC(=O)c1c(C)oc2c1c(C(c1ccnc(OC3CC3)c1)N1CCOCC1)c(O)c1ccccc12. The zero-order valence-electron chi connectivity index (χ0n) is 21.0. The molecule has 0 bridgehead atoms. The first kappa shape index (κ1) is 23.8. The molecule has 1 aliphatic heterocycles. The van der Waals surface area contributed by atoms with Crippen LogP contribution in [0.15, 0.2) is 47.0 Å². The van der Waals surface area contributed by atoms with Gasteiger partial charge in [-0.1, -0.05) is 24.3 Å². The van der Waals surface area contributed by atoms with Crippen molar-refractivity contribution in [2.75, 3.05) is 32.9 Å². The minimum Gasteiger partial charge on any atom is -0.507 e. The number of furan rings is 1. The Bertz CT molecular complexity index is 1470. The largest absolute Gasteiger partial charge is 0.507 e. The van der Waals surface area contributed by atoms with Crippen molar-refractivity contribution in [3.63, 3.8) is 0 Å². The van der Waals surface area contributed by atoms with Crippen LogP contribution in [0.3, 0.4) is 0 Å². The maximum absolute atomic E-state index is 13.2. The number of phenolic OH excluding ortho intramolecular Hbond substituents is 1. The summed E-state index contributed by atoms with van der Waals surface area (Å²) in [5, 5.41) is 13.9. The molecule has 2 aromatic heterocycles. The van der Waals surface area contributed by atoms with Crippen molar-refractivity contribution in [2.45, 2.75) is 38.8 Å². The Labute approximate surface area is 214 Å². The fourth-order valence-corrected chi connectivity index (χ4v) is 5.27. The van der Waals surface area contributed by atoms with Crippen LogP contribution >= 0.6 is 0 Å². The summed E-state index contributed by atoms with van der Waals surface area (Å²) in [6.07, 6.45) is 4.00. The highest BCUT2D eigenvalue weighted by Crippen LogP contribution is 2.47. The van der Waals surface area contributed by atoms with Crippen molar-refractivity contribution in [2.24, 2.45) is 0 Å². The third kappa shape index (κ3) is 4.30. The lowest BCUT2D eigenvalue weighted by Gasteiger charge is -2.36. The number of carbonyl (C=O) groups is 1. The van der Waals surface area contributed by atoms with Gasteiger partial charge in [-0.05, 0) is 38.3 Å². The summed E-state index contributed by atoms with van der Waals surface area (Å²) in [6.45, 7) is 6.23. The minimum absolute atomic E-state index is 0.118. The van der Waals surface area contributed by atoms with E-state index in [9.17, 15) is 9.90 Å². The van der Waals surface area contributed by atoms with Crippen molar-refractivity contribution < 1.29 is 28.5 Å². The molecule has 2 aromatic carbocycles. The molecule has 1 aliphatic carbocycles. The molecule has 6 rings (SSSR count). The second kappa shape index (κ2) is 9.68. The molecule has 0 radical (unpaired) electrons. The Kier molecular flexibility index (Phi) is 6.22. The second-order valence-electron chi connectivity index (χ2n) is 9.56. The number of benzene rings is 2. The van der Waals surface area contributed by atoms with Crippen LogP contribution < -0.4 is 4.74 Å². The highest BCUT2D eigenvalue weighted by Gasteiger charge is 2.35. The Hall–Kier alpha value is -3.62. The van der Waals surface area contributed by atoms with Crippen molar-refractivity contribution in [3.8, 4) is 11.6 Å². The molecule has 1 saturated heterocycles. The van der Waals surface area contributed by atoms with Gasteiger partial charge in [0.25, 0.3) is 0 Å². The number of hydrogen-bond donors (Lipinski definition) is 1. The zero-order chi connectivity index (χ0) is 25.5. The number of aromatic nitrogens is 1. The maximum Gasteiger partial charge on any atom is 0.342 e. The van der Waals surface area contributed by atoms with Crippen LogP contribution in [-0.4, -0.2) is 60.0 Å². The maximum atomic E-state index is 13.2. The van der Waals surface area contributed by atoms with Crippen LogP contribution in [-0.2, 0) is 9.47 Å². The number of morpholine rings is 1. The van der Waals surface area contributed by atoms with E-state index in [4.69, 9.17) is 18.6 Å². The summed E-state index contributed by atoms with van der Waals surface area (Å²) in [4.78, 5) is 19.9. The van der Waals surface area contributed by atoms with Crippen LogP contribution in [0.4, 0.5) is 0 Å². The molecule has 4 aromatic rings. The summed E-state index contributed by atoms with van der Waals surface area (Å²) in [6, 6.07) is 11.0. The first-order chi connectivity index (χ1) is 18.1. The van der Waals surface area contributed by atoms with Gasteiger partial charge in [0.1, 0.15) is 28.8 Å². The molecule has 1 saturated carbocycles. The van der Waals surface area contributed by atoms with E-state index in [2.05, 4.69) is 9.88 Å². The smallest absolute Gasteiger partial charge is 0.342 e. The highest BCUT2D eigenvalue weighted by atomic mass is 16.5. The average Bonchev–Trinajstić information content (AvgIpc) is 3.66. The molecule has 1 unspecified atom stereocenters. The number of hydrogen-bond acceptors (Lipinski definition) is 8. The van der Waals surface area contributed by atoms with Gasteiger partial charge >= 0.3 is 5.97 Å². The van der Waals surface area contributed by atoms with Crippen LogP contribution in [0.5, 0.6) is 11.6 Å². The molecule has 0 spiro atoms. The van der Waals surface area contributed by atoms with Gasteiger partial charge in [-0.25, -0.2) is 9.78 Å². The fourth-order valence-electron chi connectivity index (χ4n) is 5.27. The molecule has 3 heterocycles. The number of aromatic hydroxyl groups is 1. The fraction of sp³-hybridized carbons (Fsp3) is 0.379. The Morgan fingerprint density at radius 1 is 1.19 bits per heavy atom. The first-order valence-corrected chi connectivity index (χ1v) is 12.8. The Morgan fingerprint density at radius 3 is 2.68 bits per heavy atom. The molecule has 1 N–H and O–H groups in total. The number of pyridine rings is 1. The summed E-state index contributed by atoms with van der Waals surface area (Å²) < 4.78 is 23.4. The van der Waals surface area contributed by atoms with Crippen molar-refractivity contribution in [1.29, 1.82) is 0 Å². The standard InChI is InChI=1S/C29H30N2O6/c1-3-35-29(33)23-17(2)36-28-21-7-5-4-6-20(21)27(32)25(24(23)28)26(31-12-14-34-15-13-31)18-10-11-30-22(16-18)37-19-8-9-19/h4-7,10-11,16,19,26,32H,3,8-9,12-15H2,1-2H3. The average molecular weight is 503 g/mol. The Balaban J connectivity index is 1.65. The monoisotopic (exact) mass is 502 g/mol. The third-order valence-electron chi connectivity index (χ3n) is 7.09. The second-order valence-corrected chi connectivity index (χ2v) is 9.56. The lowest BCUT2D eigenvalue weighted by Crippen LogP contribution is -2.39. The topological polar surface area (TPSA) is 94.3 Å². The van der Waals surface area contributed by atoms with Gasteiger partial charge in [-0.15, -0.1) is 0 Å². The number of fused-ring (bicyclic) bond motifs is 3. The molecule has 1 atom stereocenters. The molecule has 2 fully saturated rings. The number of carbonyl (C=O) groups excluding carboxylic acids is 1. The van der Waals surface area contributed by atoms with E-state index in [0.717, 1.165) is 23.8 Å². The van der Waals surface area contributed by atoms with Crippen molar-refractivity contribution in [1.82, 2.24) is 9.88 Å². The predicted octanol–water partition coefficient (Wildman–Crippen LogP) is 5.13. The number of ether oxygens (including phenoxy) is 3. The third-order valence-corrected chi connectivity index (χ3v) is 7.09. The van der Waals surface area contributed by atoms with E-state index in [0.29, 0.717) is 65.4 Å². The van der Waals surface area contributed by atoms with Gasteiger partial charge in [0.05, 0.1) is 25.9 Å². The van der Waals surface area contributed by atoms with Crippen LogP contribution in [0.2, 0.25) is 0 Å². The number of rotatable bonds is 7. The van der Waals surface area contributed by atoms with Gasteiger partial charge in [0, 0.05) is 47.1 Å². The molecular weight excluding hydrogens is 472 g/mol. The van der Waals surface area contributed by atoms with Gasteiger partial charge in [0.15, 0.2) is 0 Å². The normalized spacial score (nSPS) is 17.2. The highest BCUT2D eigenvalue weighted by molar-refractivity contribution is 6.16. The molecule has 0 amide bonds. The van der Waals surface area contributed by atoms with Crippen LogP contribution in [0.1, 0.15) is 53.1 Å². The number of esters is 1. The van der Waals surface area contributed by atoms with E-state index >= 15 is 0 Å². The van der Waals surface area contributed by atoms with Crippen LogP contribution in [0, 0.1) is 6.92 Å². The predicted molar refractivity (Wildman–Crippen MR) is 138 cm³/mol. The van der Waals surface area contributed by atoms with E-state index in [-0.39, 0.29) is 18.5 Å². The van der Waals surface area contributed by atoms with Crippen LogP contribution in [0.25, 0.3) is 21.7 Å². The van der Waals surface area contributed by atoms with E-state index in [1.807, 2.05) is 36.4 Å². The number of phenols is 1. The van der Waals surface area contributed by atoms with Gasteiger partial charge in [-0.2, -0.15) is 0 Å². The summed E-state index contributed by atoms with van der Waals surface area (Å²) in [5.41, 5.74) is 2.42. The van der Waals surface area contributed by atoms with Crippen molar-refractivity contribution in [3.05, 3.63) is 65.0 Å². The number of nitrogens with zero attached hydrogens (tertiary/aromatic N) is 2. The molecule has 8 nitrogen and oxygen atoms in total. The lowest BCUT2D eigenvalue weighted by molar-refractivity contribution is 0.0237. The molecule has 2 aliphatic rings. The number of aryl methyl sites for hydroxylation is 1. The molecule has 8 heteroatoms. The zero-order valence-corrected chi connectivity index (χ0v) is 21.0. The van der Waals surface area contributed by atoms with E-state index in [1.54, 1.807) is 20.0 Å². The van der Waals surface area contributed by atoms with Gasteiger partial charge in [0.2, 0.25) is 5.88 Å². The first-order valence-electron chi connectivity index (χ1n) is 12.8. The Morgan fingerprint density at radius 2 is 1.95 bits per heavy atom. The summed E-state index contributed by atoms with van der Waals surface area (Å²) >= 11 is 0. The van der Waals surface area contributed by atoms with Crippen molar-refractivity contribution >= 4 is 27.7 Å².